The minimum absolute atomic E-state index is 0.152. The Hall–Kier alpha value is -2.62. The third-order valence-electron chi connectivity index (χ3n) is 3.79. The molecular formula is C22H27NO3. The number of hydrogen-bond donors (Lipinski definition) is 1. The summed E-state index contributed by atoms with van der Waals surface area (Å²) in [6.45, 7) is 5.46. The molecular weight excluding hydrogens is 326 g/mol. The van der Waals surface area contributed by atoms with E-state index in [0.29, 0.717) is 19.3 Å². The van der Waals surface area contributed by atoms with Gasteiger partial charge in [-0.1, -0.05) is 60.7 Å². The molecule has 0 saturated heterocycles. The molecule has 0 bridgehead atoms. The van der Waals surface area contributed by atoms with Gasteiger partial charge in [0.2, 0.25) is 5.91 Å². The van der Waals surface area contributed by atoms with Crippen LogP contribution in [0.4, 0.5) is 0 Å². The Morgan fingerprint density at radius 3 is 2.00 bits per heavy atom. The Bertz CT molecular complexity index is 705. The van der Waals surface area contributed by atoms with Crippen molar-refractivity contribution in [1.29, 1.82) is 0 Å². The van der Waals surface area contributed by atoms with Gasteiger partial charge >= 0.3 is 5.97 Å². The molecule has 0 spiro atoms. The van der Waals surface area contributed by atoms with Gasteiger partial charge in [0.1, 0.15) is 11.6 Å². The van der Waals surface area contributed by atoms with Gasteiger partial charge in [-0.3, -0.25) is 4.79 Å². The Labute approximate surface area is 155 Å². The highest BCUT2D eigenvalue weighted by molar-refractivity contribution is 5.85. The van der Waals surface area contributed by atoms with Crippen LogP contribution >= 0.6 is 0 Å². The van der Waals surface area contributed by atoms with Gasteiger partial charge in [-0.05, 0) is 38.3 Å². The van der Waals surface area contributed by atoms with Crippen molar-refractivity contribution in [1.82, 2.24) is 5.32 Å². The number of benzene rings is 2. The molecule has 4 heteroatoms. The van der Waals surface area contributed by atoms with Crippen molar-refractivity contribution in [3.05, 3.63) is 71.8 Å². The minimum atomic E-state index is -0.695. The van der Waals surface area contributed by atoms with E-state index in [9.17, 15) is 9.59 Å². The van der Waals surface area contributed by atoms with Crippen LogP contribution in [0.25, 0.3) is 0 Å². The van der Waals surface area contributed by atoms with Crippen LogP contribution in [0.5, 0.6) is 0 Å². The monoisotopic (exact) mass is 353 g/mol. The number of amides is 1. The zero-order valence-electron chi connectivity index (χ0n) is 15.7. The van der Waals surface area contributed by atoms with E-state index in [1.54, 1.807) is 0 Å². The maximum atomic E-state index is 12.5. The molecule has 4 nitrogen and oxygen atoms in total. The van der Waals surface area contributed by atoms with Gasteiger partial charge in [0.15, 0.2) is 0 Å². The smallest absolute Gasteiger partial charge is 0.329 e. The largest absolute Gasteiger partial charge is 0.458 e. The average Bonchev–Trinajstić information content (AvgIpc) is 2.60. The van der Waals surface area contributed by atoms with Crippen LogP contribution in [0, 0.1) is 0 Å². The van der Waals surface area contributed by atoms with Gasteiger partial charge in [0.05, 0.1) is 0 Å². The number of nitrogens with one attached hydrogen (secondary N) is 1. The first kappa shape index (κ1) is 19.7. The zero-order valence-corrected chi connectivity index (χ0v) is 15.7. The normalized spacial score (nSPS) is 12.3. The zero-order chi connectivity index (χ0) is 19.0. The van der Waals surface area contributed by atoms with Crippen molar-refractivity contribution in [2.24, 2.45) is 0 Å². The molecule has 0 fully saturated rings. The summed E-state index contributed by atoms with van der Waals surface area (Å²) < 4.78 is 5.48. The second-order valence-corrected chi connectivity index (χ2v) is 7.33. The van der Waals surface area contributed by atoms with Gasteiger partial charge in [-0.15, -0.1) is 0 Å². The van der Waals surface area contributed by atoms with Crippen LogP contribution in [0.2, 0.25) is 0 Å². The van der Waals surface area contributed by atoms with E-state index in [1.807, 2.05) is 81.4 Å². The lowest BCUT2D eigenvalue weighted by Gasteiger charge is -2.24. The van der Waals surface area contributed by atoms with E-state index < -0.39 is 17.6 Å². The van der Waals surface area contributed by atoms with Gasteiger partial charge in [-0.25, -0.2) is 4.79 Å². The first-order valence-corrected chi connectivity index (χ1v) is 8.93. The van der Waals surface area contributed by atoms with Crippen molar-refractivity contribution in [2.45, 2.75) is 51.7 Å². The topological polar surface area (TPSA) is 55.4 Å². The Morgan fingerprint density at radius 1 is 0.923 bits per heavy atom. The summed E-state index contributed by atoms with van der Waals surface area (Å²) in [4.78, 5) is 24.9. The highest BCUT2D eigenvalue weighted by Crippen LogP contribution is 2.12. The number of aryl methyl sites for hydroxylation is 1. The molecule has 0 heterocycles. The summed E-state index contributed by atoms with van der Waals surface area (Å²) in [7, 11) is 0. The van der Waals surface area contributed by atoms with Gasteiger partial charge < -0.3 is 10.1 Å². The molecule has 2 aromatic carbocycles. The molecule has 2 rings (SSSR count). The maximum absolute atomic E-state index is 12.5. The van der Waals surface area contributed by atoms with Crippen molar-refractivity contribution in [2.75, 3.05) is 0 Å². The number of hydrogen-bond acceptors (Lipinski definition) is 3. The van der Waals surface area contributed by atoms with E-state index in [-0.39, 0.29) is 5.91 Å². The Kier molecular flexibility index (Phi) is 6.96. The lowest BCUT2D eigenvalue weighted by Crippen LogP contribution is -2.45. The van der Waals surface area contributed by atoms with Crippen LogP contribution in [0.15, 0.2) is 60.7 Å². The predicted molar refractivity (Wildman–Crippen MR) is 103 cm³/mol. The summed E-state index contributed by atoms with van der Waals surface area (Å²) in [5.41, 5.74) is 1.48. The molecule has 0 aliphatic heterocycles. The van der Waals surface area contributed by atoms with Crippen LogP contribution in [-0.2, 0) is 27.2 Å². The van der Waals surface area contributed by atoms with Crippen LogP contribution < -0.4 is 5.32 Å². The lowest BCUT2D eigenvalue weighted by molar-refractivity contribution is -0.158. The van der Waals surface area contributed by atoms with E-state index in [1.165, 1.54) is 0 Å². The van der Waals surface area contributed by atoms with Gasteiger partial charge in [0.25, 0.3) is 0 Å². The van der Waals surface area contributed by atoms with Gasteiger partial charge in [0, 0.05) is 12.8 Å². The third-order valence-corrected chi connectivity index (χ3v) is 3.79. The number of esters is 1. The predicted octanol–water partition coefficient (Wildman–Crippen LogP) is 3.69. The van der Waals surface area contributed by atoms with Crippen molar-refractivity contribution in [3.63, 3.8) is 0 Å². The number of ether oxygens (including phenoxy) is 1. The van der Waals surface area contributed by atoms with Crippen LogP contribution in [0.3, 0.4) is 0 Å². The van der Waals surface area contributed by atoms with E-state index in [2.05, 4.69) is 5.32 Å². The van der Waals surface area contributed by atoms with Crippen LogP contribution in [-0.4, -0.2) is 23.5 Å². The SMILES string of the molecule is CC(C)(C)OC(=O)[C@H](Cc1ccccc1)NC(=O)CCc1ccccc1. The van der Waals surface area contributed by atoms with E-state index in [4.69, 9.17) is 4.74 Å². The van der Waals surface area contributed by atoms with Crippen LogP contribution in [0.1, 0.15) is 38.3 Å². The molecule has 0 saturated carbocycles. The highest BCUT2D eigenvalue weighted by Gasteiger charge is 2.26. The molecule has 0 aliphatic rings. The molecule has 2 aromatic rings. The number of rotatable bonds is 7. The first-order valence-electron chi connectivity index (χ1n) is 8.93. The average molecular weight is 353 g/mol. The summed E-state index contributed by atoms with van der Waals surface area (Å²) in [5.74, 6) is -0.560. The van der Waals surface area contributed by atoms with E-state index >= 15 is 0 Å². The second-order valence-electron chi connectivity index (χ2n) is 7.33. The second kappa shape index (κ2) is 9.18. The van der Waals surface area contributed by atoms with Crippen molar-refractivity contribution < 1.29 is 14.3 Å². The molecule has 0 aromatic heterocycles. The summed E-state index contributed by atoms with van der Waals surface area (Å²) >= 11 is 0. The fourth-order valence-electron chi connectivity index (χ4n) is 2.59. The molecule has 0 unspecified atom stereocenters. The summed E-state index contributed by atoms with van der Waals surface area (Å²) in [6, 6.07) is 18.8. The number of carbonyl (C=O) groups is 2. The summed E-state index contributed by atoms with van der Waals surface area (Å²) in [6.07, 6.45) is 1.38. The fourth-order valence-corrected chi connectivity index (χ4v) is 2.59. The van der Waals surface area contributed by atoms with Gasteiger partial charge in [-0.2, -0.15) is 0 Å². The molecule has 26 heavy (non-hydrogen) atoms. The summed E-state index contributed by atoms with van der Waals surface area (Å²) in [5, 5.41) is 2.84. The molecule has 1 N–H and O–H groups in total. The molecule has 138 valence electrons. The Morgan fingerprint density at radius 2 is 1.46 bits per heavy atom. The molecule has 0 aliphatic carbocycles. The standard InChI is InChI=1S/C22H27NO3/c1-22(2,3)26-21(25)19(16-18-12-8-5-9-13-18)23-20(24)15-14-17-10-6-4-7-11-17/h4-13,19H,14-16H2,1-3H3,(H,23,24)/t19-/m0/s1. The third kappa shape index (κ3) is 7.09. The molecule has 1 atom stereocenters. The van der Waals surface area contributed by atoms with E-state index in [0.717, 1.165) is 11.1 Å². The lowest BCUT2D eigenvalue weighted by atomic mass is 10.0. The van der Waals surface area contributed by atoms with Crippen molar-refractivity contribution >= 4 is 11.9 Å². The fraction of sp³-hybridized carbons (Fsp3) is 0.364. The number of carbonyl (C=O) groups excluding carboxylic acids is 2. The maximum Gasteiger partial charge on any atom is 0.329 e. The molecule has 0 radical (unpaired) electrons. The van der Waals surface area contributed by atoms with Crippen molar-refractivity contribution in [3.8, 4) is 0 Å². The Balaban J connectivity index is 2.00. The highest BCUT2D eigenvalue weighted by atomic mass is 16.6. The quantitative estimate of drug-likeness (QED) is 0.773. The molecule has 1 amide bonds. The minimum Gasteiger partial charge on any atom is -0.458 e. The first-order chi connectivity index (χ1) is 12.3.